The number of aromatic nitrogens is 3. The lowest BCUT2D eigenvalue weighted by Gasteiger charge is -2.16. The Labute approximate surface area is 212 Å². The van der Waals surface area contributed by atoms with E-state index in [1.54, 1.807) is 0 Å². The van der Waals surface area contributed by atoms with Crippen LogP contribution in [0, 0.1) is 18.3 Å². The van der Waals surface area contributed by atoms with Gasteiger partial charge in [0.25, 0.3) is 0 Å². The number of carbonyl (C=O) groups is 1. The predicted octanol–water partition coefficient (Wildman–Crippen LogP) is 5.94. The first-order valence-corrected chi connectivity index (χ1v) is 13.4. The molecule has 0 bridgehead atoms. The highest BCUT2D eigenvalue weighted by Gasteiger charge is 2.23. The minimum Gasteiger partial charge on any atom is -0.483 e. The number of anilines is 1. The first-order valence-electron chi connectivity index (χ1n) is 11.2. The summed E-state index contributed by atoms with van der Waals surface area (Å²) in [4.78, 5) is 13.9. The van der Waals surface area contributed by atoms with Crippen molar-refractivity contribution in [2.24, 2.45) is 0 Å². The molecule has 3 aromatic rings. The predicted molar refractivity (Wildman–Crippen MR) is 136 cm³/mol. The number of ether oxygens (including phenoxy) is 1. The molecule has 4 rings (SSSR count). The van der Waals surface area contributed by atoms with Gasteiger partial charge in [-0.15, -0.1) is 21.5 Å². The fraction of sp³-hybridized carbons (Fsp3) is 0.417. The third-order valence-electron chi connectivity index (χ3n) is 5.74. The quantitative estimate of drug-likeness (QED) is 0.373. The summed E-state index contributed by atoms with van der Waals surface area (Å²) in [5.74, 6) is 1.42. The van der Waals surface area contributed by atoms with Gasteiger partial charge in [0.1, 0.15) is 16.8 Å². The SMILES string of the molecule is CCn1c(SCC(=O)Nc2sc3c(c2C#N)CCCC3)nnc1C(C)Oc1ccc(Cl)c(C)c1. The van der Waals surface area contributed by atoms with E-state index in [9.17, 15) is 10.1 Å². The number of thiophene rings is 1. The van der Waals surface area contributed by atoms with Gasteiger partial charge in [-0.2, -0.15) is 5.26 Å². The summed E-state index contributed by atoms with van der Waals surface area (Å²) in [5, 5.41) is 23.2. The van der Waals surface area contributed by atoms with E-state index in [-0.39, 0.29) is 17.8 Å². The molecule has 0 aliphatic heterocycles. The monoisotopic (exact) mass is 515 g/mol. The van der Waals surface area contributed by atoms with Crippen LogP contribution in [0.5, 0.6) is 5.75 Å². The molecule has 1 aliphatic rings. The van der Waals surface area contributed by atoms with Crippen molar-refractivity contribution in [3.8, 4) is 11.8 Å². The first kappa shape index (κ1) is 24.6. The summed E-state index contributed by atoms with van der Waals surface area (Å²) >= 11 is 8.96. The van der Waals surface area contributed by atoms with E-state index in [1.165, 1.54) is 28.0 Å². The second-order valence-electron chi connectivity index (χ2n) is 8.12. The van der Waals surface area contributed by atoms with Crippen molar-refractivity contribution in [3.63, 3.8) is 0 Å². The second-order valence-corrected chi connectivity index (χ2v) is 10.6. The lowest BCUT2D eigenvalue weighted by molar-refractivity contribution is -0.113. The van der Waals surface area contributed by atoms with E-state index in [1.807, 2.05) is 43.5 Å². The Morgan fingerprint density at radius 1 is 1.38 bits per heavy atom. The van der Waals surface area contributed by atoms with E-state index in [0.717, 1.165) is 36.8 Å². The van der Waals surface area contributed by atoms with Crippen LogP contribution in [0.3, 0.4) is 0 Å². The molecule has 1 N–H and O–H groups in total. The van der Waals surface area contributed by atoms with Gasteiger partial charge in [-0.05, 0) is 75.8 Å². The zero-order valence-corrected chi connectivity index (χ0v) is 21.7. The molecule has 0 spiro atoms. The molecule has 1 aliphatic carbocycles. The molecule has 1 amide bonds. The molecule has 1 atom stereocenters. The molecule has 1 unspecified atom stereocenters. The molecular weight excluding hydrogens is 490 g/mol. The van der Waals surface area contributed by atoms with E-state index in [0.29, 0.717) is 38.9 Å². The van der Waals surface area contributed by atoms with Crippen molar-refractivity contribution in [3.05, 3.63) is 50.6 Å². The molecule has 2 aromatic heterocycles. The van der Waals surface area contributed by atoms with Gasteiger partial charge in [0.15, 0.2) is 17.1 Å². The molecule has 10 heteroatoms. The lowest BCUT2D eigenvalue weighted by atomic mass is 9.96. The van der Waals surface area contributed by atoms with E-state index < -0.39 is 0 Å². The lowest BCUT2D eigenvalue weighted by Crippen LogP contribution is -2.15. The second kappa shape index (κ2) is 10.8. The molecule has 0 saturated carbocycles. The maximum Gasteiger partial charge on any atom is 0.235 e. The van der Waals surface area contributed by atoms with Crippen molar-refractivity contribution in [1.29, 1.82) is 5.26 Å². The fourth-order valence-corrected chi connectivity index (χ4v) is 6.20. The first-order chi connectivity index (χ1) is 16.4. The summed E-state index contributed by atoms with van der Waals surface area (Å²) in [5.41, 5.74) is 2.68. The number of thioether (sulfide) groups is 1. The number of amides is 1. The van der Waals surface area contributed by atoms with Gasteiger partial charge < -0.3 is 14.6 Å². The summed E-state index contributed by atoms with van der Waals surface area (Å²) in [6.07, 6.45) is 3.80. The van der Waals surface area contributed by atoms with Crippen molar-refractivity contribution < 1.29 is 9.53 Å². The largest absolute Gasteiger partial charge is 0.483 e. The number of nitrogens with zero attached hydrogens (tertiary/aromatic N) is 4. The number of rotatable bonds is 8. The third-order valence-corrected chi connectivity index (χ3v) is 8.33. The summed E-state index contributed by atoms with van der Waals surface area (Å²) in [6, 6.07) is 7.82. The Morgan fingerprint density at radius 2 is 2.18 bits per heavy atom. The van der Waals surface area contributed by atoms with Crippen LogP contribution in [-0.2, 0) is 24.2 Å². The number of aryl methyl sites for hydroxylation is 2. The Bertz CT molecular complexity index is 1250. The summed E-state index contributed by atoms with van der Waals surface area (Å²) in [6.45, 7) is 6.50. The van der Waals surface area contributed by atoms with Crippen LogP contribution >= 0.6 is 34.7 Å². The van der Waals surface area contributed by atoms with Crippen LogP contribution in [0.25, 0.3) is 0 Å². The molecule has 1 aromatic carbocycles. The Balaban J connectivity index is 1.41. The standard InChI is InChI=1S/C24H26ClN5O2S2/c1-4-30-22(15(3)32-16-9-10-19(25)14(2)11-16)28-29-24(30)33-13-21(31)27-23-18(12-26)17-7-5-6-8-20(17)34-23/h9-11,15H,4-8,13H2,1-3H3,(H,27,31). The highest BCUT2D eigenvalue weighted by atomic mass is 35.5. The zero-order valence-electron chi connectivity index (χ0n) is 19.4. The van der Waals surface area contributed by atoms with Gasteiger partial charge in [0.2, 0.25) is 5.91 Å². The molecule has 0 saturated heterocycles. The third kappa shape index (κ3) is 5.24. The van der Waals surface area contributed by atoms with E-state index >= 15 is 0 Å². The van der Waals surface area contributed by atoms with Gasteiger partial charge in [-0.3, -0.25) is 4.79 Å². The number of carbonyl (C=O) groups excluding carboxylic acids is 1. The normalized spacial score (nSPS) is 13.7. The number of hydrogen-bond donors (Lipinski definition) is 1. The van der Waals surface area contributed by atoms with Crippen LogP contribution in [0.4, 0.5) is 5.00 Å². The van der Waals surface area contributed by atoms with Gasteiger partial charge in [-0.25, -0.2) is 0 Å². The van der Waals surface area contributed by atoms with Crippen LogP contribution in [-0.4, -0.2) is 26.4 Å². The minimum atomic E-state index is -0.327. The number of hydrogen-bond acceptors (Lipinski definition) is 7. The van der Waals surface area contributed by atoms with Crippen LogP contribution in [0.15, 0.2) is 23.4 Å². The number of nitriles is 1. The Kier molecular flexibility index (Phi) is 7.81. The van der Waals surface area contributed by atoms with E-state index in [2.05, 4.69) is 21.6 Å². The van der Waals surface area contributed by atoms with Crippen molar-refractivity contribution in [2.45, 2.75) is 64.3 Å². The Morgan fingerprint density at radius 3 is 2.91 bits per heavy atom. The van der Waals surface area contributed by atoms with Gasteiger partial charge in [-0.1, -0.05) is 23.4 Å². The highest BCUT2D eigenvalue weighted by molar-refractivity contribution is 7.99. The smallest absolute Gasteiger partial charge is 0.235 e. The molecule has 34 heavy (non-hydrogen) atoms. The van der Waals surface area contributed by atoms with Crippen molar-refractivity contribution in [1.82, 2.24) is 14.8 Å². The zero-order chi connectivity index (χ0) is 24.2. The molecule has 0 radical (unpaired) electrons. The highest BCUT2D eigenvalue weighted by Crippen LogP contribution is 2.37. The fourth-order valence-electron chi connectivity index (χ4n) is 4.02. The minimum absolute atomic E-state index is 0.159. The topological polar surface area (TPSA) is 92.8 Å². The van der Waals surface area contributed by atoms with Gasteiger partial charge >= 0.3 is 0 Å². The number of halogens is 1. The number of benzene rings is 1. The van der Waals surface area contributed by atoms with Crippen LogP contribution < -0.4 is 10.1 Å². The average Bonchev–Trinajstić information content (AvgIpc) is 3.40. The summed E-state index contributed by atoms with van der Waals surface area (Å²) < 4.78 is 8.02. The Hall–Kier alpha value is -2.54. The molecule has 0 fully saturated rings. The van der Waals surface area contributed by atoms with Crippen LogP contribution in [0.2, 0.25) is 5.02 Å². The molecule has 2 heterocycles. The van der Waals surface area contributed by atoms with E-state index in [4.69, 9.17) is 16.3 Å². The molecule has 178 valence electrons. The molecule has 7 nitrogen and oxygen atoms in total. The van der Waals surface area contributed by atoms with Crippen molar-refractivity contribution >= 4 is 45.6 Å². The molecular formula is C24H26ClN5O2S2. The average molecular weight is 516 g/mol. The maximum atomic E-state index is 12.7. The summed E-state index contributed by atoms with van der Waals surface area (Å²) in [7, 11) is 0. The van der Waals surface area contributed by atoms with Gasteiger partial charge in [0, 0.05) is 16.4 Å². The van der Waals surface area contributed by atoms with Crippen LogP contribution in [0.1, 0.15) is 60.2 Å². The van der Waals surface area contributed by atoms with Gasteiger partial charge in [0.05, 0.1) is 11.3 Å². The number of nitrogens with one attached hydrogen (secondary N) is 1. The van der Waals surface area contributed by atoms with Crippen molar-refractivity contribution in [2.75, 3.05) is 11.1 Å². The number of fused-ring (bicyclic) bond motifs is 1. The maximum absolute atomic E-state index is 12.7.